The first-order valence-electron chi connectivity index (χ1n) is 10.8. The number of hydrogen-bond acceptors (Lipinski definition) is 4. The fraction of sp³-hybridized carbons (Fsp3) is 0.231. The first-order chi connectivity index (χ1) is 15.7. The number of oxazole rings is 1. The predicted octanol–water partition coefficient (Wildman–Crippen LogP) is 5.57. The Hall–Kier alpha value is -3.67. The van der Waals surface area contributed by atoms with E-state index >= 15 is 0 Å². The largest absolute Gasteiger partial charge is 0.489 e. The first kappa shape index (κ1) is 20.2. The molecule has 0 aliphatic carbocycles. The van der Waals surface area contributed by atoms with Gasteiger partial charge in [-0.1, -0.05) is 30.3 Å². The highest BCUT2D eigenvalue weighted by Gasteiger charge is 2.27. The van der Waals surface area contributed by atoms with Gasteiger partial charge in [-0.3, -0.25) is 4.79 Å². The minimum atomic E-state index is -0.277. The van der Waals surface area contributed by atoms with Crippen molar-refractivity contribution in [2.45, 2.75) is 25.4 Å². The maximum atomic E-state index is 13.0. The summed E-state index contributed by atoms with van der Waals surface area (Å²) < 4.78 is 24.8. The number of nitrogens with zero attached hydrogens (tertiary/aromatic N) is 2. The van der Waals surface area contributed by atoms with Crippen molar-refractivity contribution in [3.63, 3.8) is 0 Å². The smallest absolute Gasteiger partial charge is 0.253 e. The second kappa shape index (κ2) is 8.83. The van der Waals surface area contributed by atoms with Crippen LogP contribution in [-0.4, -0.2) is 28.9 Å². The van der Waals surface area contributed by atoms with Crippen LogP contribution in [0.5, 0.6) is 5.75 Å². The maximum Gasteiger partial charge on any atom is 0.253 e. The van der Waals surface area contributed by atoms with Gasteiger partial charge in [0.25, 0.3) is 5.91 Å². The Kier molecular flexibility index (Phi) is 5.58. The zero-order chi connectivity index (χ0) is 21.9. The van der Waals surface area contributed by atoms with Gasteiger partial charge >= 0.3 is 0 Å². The zero-order valence-electron chi connectivity index (χ0n) is 17.5. The number of hydrogen-bond donors (Lipinski definition) is 0. The highest BCUT2D eigenvalue weighted by Crippen LogP contribution is 2.30. The van der Waals surface area contributed by atoms with E-state index < -0.39 is 0 Å². The third-order valence-corrected chi connectivity index (χ3v) is 5.84. The van der Waals surface area contributed by atoms with E-state index in [0.29, 0.717) is 31.0 Å². The van der Waals surface area contributed by atoms with E-state index in [9.17, 15) is 9.18 Å². The number of benzene rings is 3. The van der Waals surface area contributed by atoms with Crippen LogP contribution >= 0.6 is 0 Å². The van der Waals surface area contributed by atoms with Crippen molar-refractivity contribution < 1.29 is 18.3 Å². The molecule has 0 bridgehead atoms. The van der Waals surface area contributed by atoms with Crippen LogP contribution in [0.3, 0.4) is 0 Å². The van der Waals surface area contributed by atoms with Crippen molar-refractivity contribution in [1.82, 2.24) is 9.88 Å². The topological polar surface area (TPSA) is 55.6 Å². The lowest BCUT2D eigenvalue weighted by atomic mass is 9.96. The summed E-state index contributed by atoms with van der Waals surface area (Å²) in [5.41, 5.74) is 3.14. The number of ether oxygens (including phenoxy) is 1. The number of likely N-dealkylation sites (tertiary alicyclic amines) is 1. The molecule has 1 aliphatic rings. The van der Waals surface area contributed by atoms with Crippen molar-refractivity contribution in [1.29, 1.82) is 0 Å². The molecule has 1 aromatic heterocycles. The monoisotopic (exact) mass is 430 g/mol. The lowest BCUT2D eigenvalue weighted by molar-refractivity contribution is 0.0706. The molecule has 0 radical (unpaired) electrons. The van der Waals surface area contributed by atoms with Gasteiger partial charge in [-0.25, -0.2) is 9.37 Å². The summed E-state index contributed by atoms with van der Waals surface area (Å²) in [5, 5.41) is 0. The summed E-state index contributed by atoms with van der Waals surface area (Å²) in [6.07, 6.45) is 1.64. The summed E-state index contributed by atoms with van der Waals surface area (Å²) in [6, 6.07) is 21.2. The number of fused-ring (bicyclic) bond motifs is 1. The lowest BCUT2D eigenvalue weighted by Gasteiger charge is -2.30. The molecular formula is C26H23FN2O3. The molecule has 4 aromatic rings. The molecule has 6 heteroatoms. The van der Waals surface area contributed by atoms with Gasteiger partial charge < -0.3 is 14.1 Å². The normalized spacial score (nSPS) is 14.6. The van der Waals surface area contributed by atoms with Gasteiger partial charge in [-0.05, 0) is 60.9 Å². The molecule has 0 saturated carbocycles. The number of piperidine rings is 1. The Labute approximate surface area is 185 Å². The van der Waals surface area contributed by atoms with E-state index in [2.05, 4.69) is 4.98 Å². The van der Waals surface area contributed by atoms with E-state index in [1.54, 1.807) is 24.3 Å². The molecule has 32 heavy (non-hydrogen) atoms. The highest BCUT2D eigenvalue weighted by atomic mass is 19.1. The fourth-order valence-electron chi connectivity index (χ4n) is 4.04. The Morgan fingerprint density at radius 3 is 2.59 bits per heavy atom. The molecule has 0 spiro atoms. The van der Waals surface area contributed by atoms with Crippen molar-refractivity contribution in [3.05, 3.63) is 95.6 Å². The highest BCUT2D eigenvalue weighted by molar-refractivity contribution is 5.94. The molecule has 1 fully saturated rings. The quantitative estimate of drug-likeness (QED) is 0.416. The number of carbonyl (C=O) groups excluding carboxylic acids is 1. The number of carbonyl (C=O) groups is 1. The van der Waals surface area contributed by atoms with Gasteiger partial charge in [-0.15, -0.1) is 0 Å². The van der Waals surface area contributed by atoms with E-state index in [0.717, 1.165) is 35.4 Å². The van der Waals surface area contributed by atoms with E-state index in [1.807, 2.05) is 41.3 Å². The summed E-state index contributed by atoms with van der Waals surface area (Å²) in [7, 11) is 0. The molecule has 3 aromatic carbocycles. The molecule has 0 unspecified atom stereocenters. The number of rotatable bonds is 5. The Bertz CT molecular complexity index is 1190. The van der Waals surface area contributed by atoms with Crippen molar-refractivity contribution in [3.8, 4) is 5.75 Å². The lowest BCUT2D eigenvalue weighted by Crippen LogP contribution is -2.38. The van der Waals surface area contributed by atoms with Crippen LogP contribution < -0.4 is 4.74 Å². The molecular weight excluding hydrogens is 407 g/mol. The molecule has 2 heterocycles. The number of halogens is 1. The van der Waals surface area contributed by atoms with Gasteiger partial charge in [0.2, 0.25) is 0 Å². The first-order valence-corrected chi connectivity index (χ1v) is 10.8. The van der Waals surface area contributed by atoms with Gasteiger partial charge in [0.05, 0.1) is 0 Å². The molecule has 5 nitrogen and oxygen atoms in total. The Balaban J connectivity index is 1.20. The van der Waals surface area contributed by atoms with E-state index in [-0.39, 0.29) is 17.6 Å². The molecule has 5 rings (SSSR count). The molecule has 1 amide bonds. The Morgan fingerprint density at radius 2 is 1.81 bits per heavy atom. The van der Waals surface area contributed by atoms with Crippen molar-refractivity contribution >= 4 is 17.0 Å². The summed E-state index contributed by atoms with van der Waals surface area (Å²) >= 11 is 0. The van der Waals surface area contributed by atoms with Crippen LogP contribution in [-0.2, 0) is 6.61 Å². The van der Waals surface area contributed by atoms with Crippen LogP contribution in [0.2, 0.25) is 0 Å². The molecule has 1 aliphatic heterocycles. The fourth-order valence-corrected chi connectivity index (χ4v) is 4.04. The third kappa shape index (κ3) is 4.35. The van der Waals surface area contributed by atoms with E-state index in [1.165, 1.54) is 12.1 Å². The number of amides is 1. The average Bonchev–Trinajstić information content (AvgIpc) is 3.28. The van der Waals surface area contributed by atoms with Crippen LogP contribution in [0, 0.1) is 5.82 Å². The van der Waals surface area contributed by atoms with Crippen LogP contribution in [0.1, 0.15) is 40.6 Å². The van der Waals surface area contributed by atoms with Crippen molar-refractivity contribution in [2.24, 2.45) is 0 Å². The van der Waals surface area contributed by atoms with Gasteiger partial charge in [-0.2, -0.15) is 0 Å². The Morgan fingerprint density at radius 1 is 1.03 bits per heavy atom. The maximum absolute atomic E-state index is 13.0. The van der Waals surface area contributed by atoms with Crippen molar-refractivity contribution in [2.75, 3.05) is 13.1 Å². The van der Waals surface area contributed by atoms with Crippen LogP contribution in [0.15, 0.2) is 77.2 Å². The van der Waals surface area contributed by atoms with Crippen LogP contribution in [0.25, 0.3) is 11.1 Å². The second-order valence-electron chi connectivity index (χ2n) is 8.03. The second-order valence-corrected chi connectivity index (χ2v) is 8.03. The SMILES string of the molecule is O=C(c1cccc(OCc2ccc(F)cc2)c1)N1CCC(c2nc3ccccc3o2)CC1. The van der Waals surface area contributed by atoms with Gasteiger partial charge in [0.15, 0.2) is 11.5 Å². The number of aromatic nitrogens is 1. The van der Waals surface area contributed by atoms with Gasteiger partial charge in [0, 0.05) is 24.6 Å². The van der Waals surface area contributed by atoms with E-state index in [4.69, 9.17) is 9.15 Å². The van der Waals surface area contributed by atoms with Gasteiger partial charge in [0.1, 0.15) is 23.7 Å². The molecule has 1 saturated heterocycles. The summed E-state index contributed by atoms with van der Waals surface area (Å²) in [5.74, 6) is 1.31. The standard InChI is InChI=1S/C26H23FN2O3/c27-21-10-8-18(9-11-21)17-31-22-5-3-4-20(16-22)26(30)29-14-12-19(13-15-29)25-28-23-6-1-2-7-24(23)32-25/h1-11,16,19H,12-15,17H2. The average molecular weight is 430 g/mol. The molecule has 0 atom stereocenters. The minimum absolute atomic E-state index is 0.00625. The van der Waals surface area contributed by atoms with Crippen LogP contribution in [0.4, 0.5) is 4.39 Å². The summed E-state index contributed by atoms with van der Waals surface area (Å²) in [6.45, 7) is 1.62. The third-order valence-electron chi connectivity index (χ3n) is 5.84. The molecule has 0 N–H and O–H groups in total. The molecule has 162 valence electrons. The number of para-hydroxylation sites is 2. The zero-order valence-corrected chi connectivity index (χ0v) is 17.5. The summed E-state index contributed by atoms with van der Waals surface area (Å²) in [4.78, 5) is 19.5. The minimum Gasteiger partial charge on any atom is -0.489 e. The predicted molar refractivity (Wildman–Crippen MR) is 119 cm³/mol.